The highest BCUT2D eigenvalue weighted by molar-refractivity contribution is 7.22. The Labute approximate surface area is 118 Å². The van der Waals surface area contributed by atoms with Gasteiger partial charge in [-0.1, -0.05) is 35.1 Å². The average molecular weight is 293 g/mol. The molecule has 0 aliphatic rings. The zero-order valence-electron chi connectivity index (χ0n) is 10.1. The monoisotopic (exact) mass is 292 g/mol. The Kier molecular flexibility index (Phi) is 3.12. The van der Waals surface area contributed by atoms with E-state index >= 15 is 0 Å². The maximum atomic E-state index is 13.7. The summed E-state index contributed by atoms with van der Waals surface area (Å²) >= 11 is 7.45. The molecule has 0 aliphatic carbocycles. The van der Waals surface area contributed by atoms with Gasteiger partial charge < -0.3 is 5.32 Å². The second-order valence-electron chi connectivity index (χ2n) is 4.21. The molecule has 0 aliphatic heterocycles. The van der Waals surface area contributed by atoms with Crippen LogP contribution >= 0.6 is 22.9 Å². The molecule has 3 rings (SSSR count). The van der Waals surface area contributed by atoms with Crippen LogP contribution in [0.5, 0.6) is 0 Å². The van der Waals surface area contributed by atoms with Crippen LogP contribution in [0.1, 0.15) is 5.56 Å². The lowest BCUT2D eigenvalue weighted by Gasteiger charge is -2.05. The fourth-order valence-electron chi connectivity index (χ4n) is 1.82. The first-order valence-corrected chi connectivity index (χ1v) is 6.91. The average Bonchev–Trinajstić information content (AvgIpc) is 2.75. The summed E-state index contributed by atoms with van der Waals surface area (Å²) in [6.45, 7) is 2.01. The van der Waals surface area contributed by atoms with Crippen molar-refractivity contribution in [3.63, 3.8) is 0 Å². The lowest BCUT2D eigenvalue weighted by molar-refractivity contribution is 0.632. The lowest BCUT2D eigenvalue weighted by atomic mass is 10.2. The number of nitrogens with one attached hydrogen (secondary N) is 1. The number of anilines is 2. The van der Waals surface area contributed by atoms with Gasteiger partial charge in [-0.3, -0.25) is 0 Å². The molecule has 1 N–H and O–H groups in total. The van der Waals surface area contributed by atoms with Crippen molar-refractivity contribution in [2.75, 3.05) is 5.32 Å². The SMILES string of the molecule is Cc1ccc2sc(Nc3c(F)cccc3Cl)nc2c1. The minimum Gasteiger partial charge on any atom is -0.328 e. The van der Waals surface area contributed by atoms with Crippen molar-refractivity contribution in [3.8, 4) is 0 Å². The highest BCUT2D eigenvalue weighted by Gasteiger charge is 2.10. The van der Waals surface area contributed by atoms with Crippen molar-refractivity contribution in [2.24, 2.45) is 0 Å². The number of fused-ring (bicyclic) bond motifs is 1. The molecule has 0 unspecified atom stereocenters. The Bertz CT molecular complexity index is 734. The smallest absolute Gasteiger partial charge is 0.188 e. The van der Waals surface area contributed by atoms with Crippen LogP contribution in [0.4, 0.5) is 15.2 Å². The number of para-hydroxylation sites is 1. The number of hydrogen-bond acceptors (Lipinski definition) is 3. The van der Waals surface area contributed by atoms with E-state index in [1.807, 2.05) is 25.1 Å². The van der Waals surface area contributed by atoms with E-state index in [9.17, 15) is 4.39 Å². The summed E-state index contributed by atoms with van der Waals surface area (Å²) in [5, 5.41) is 3.92. The van der Waals surface area contributed by atoms with E-state index in [4.69, 9.17) is 11.6 Å². The quantitative estimate of drug-likeness (QED) is 0.707. The van der Waals surface area contributed by atoms with E-state index in [0.717, 1.165) is 15.8 Å². The van der Waals surface area contributed by atoms with Gasteiger partial charge in [0.15, 0.2) is 5.13 Å². The Morgan fingerprint density at radius 2 is 2.11 bits per heavy atom. The number of benzene rings is 2. The summed E-state index contributed by atoms with van der Waals surface area (Å²) in [7, 11) is 0. The van der Waals surface area contributed by atoms with Gasteiger partial charge in [-0.15, -0.1) is 0 Å². The molecule has 0 fully saturated rings. The number of aryl methyl sites for hydroxylation is 1. The van der Waals surface area contributed by atoms with Gasteiger partial charge in [0, 0.05) is 0 Å². The third kappa shape index (κ3) is 2.41. The normalized spacial score (nSPS) is 10.9. The van der Waals surface area contributed by atoms with E-state index in [2.05, 4.69) is 10.3 Å². The molecule has 1 heterocycles. The van der Waals surface area contributed by atoms with Gasteiger partial charge in [-0.05, 0) is 36.8 Å². The van der Waals surface area contributed by atoms with Crippen LogP contribution in [0.3, 0.4) is 0 Å². The Hall–Kier alpha value is -1.65. The molecule has 19 heavy (non-hydrogen) atoms. The largest absolute Gasteiger partial charge is 0.328 e. The van der Waals surface area contributed by atoms with Gasteiger partial charge in [-0.2, -0.15) is 0 Å². The molecule has 0 radical (unpaired) electrons. The van der Waals surface area contributed by atoms with E-state index in [1.54, 1.807) is 12.1 Å². The van der Waals surface area contributed by atoms with Gasteiger partial charge in [0.1, 0.15) is 5.82 Å². The third-order valence-corrected chi connectivity index (χ3v) is 4.00. The molecular weight excluding hydrogens is 283 g/mol. The zero-order chi connectivity index (χ0) is 13.4. The Morgan fingerprint density at radius 1 is 1.26 bits per heavy atom. The molecule has 3 aromatic rings. The maximum Gasteiger partial charge on any atom is 0.188 e. The Balaban J connectivity index is 2.01. The molecule has 2 aromatic carbocycles. The van der Waals surface area contributed by atoms with E-state index in [-0.39, 0.29) is 11.5 Å². The molecule has 0 atom stereocenters. The van der Waals surface area contributed by atoms with E-state index in [0.29, 0.717) is 10.2 Å². The minimum absolute atomic E-state index is 0.264. The molecule has 1 aromatic heterocycles. The first-order chi connectivity index (χ1) is 9.13. The number of nitrogens with zero attached hydrogens (tertiary/aromatic N) is 1. The van der Waals surface area contributed by atoms with Crippen LogP contribution in [-0.2, 0) is 0 Å². The van der Waals surface area contributed by atoms with Gasteiger partial charge in [0.05, 0.1) is 20.9 Å². The fourth-order valence-corrected chi connectivity index (χ4v) is 2.88. The Morgan fingerprint density at radius 3 is 2.89 bits per heavy atom. The second-order valence-corrected chi connectivity index (χ2v) is 5.65. The van der Waals surface area contributed by atoms with Crippen LogP contribution < -0.4 is 5.32 Å². The predicted molar refractivity (Wildman–Crippen MR) is 79.0 cm³/mol. The molecule has 0 bridgehead atoms. The summed E-state index contributed by atoms with van der Waals surface area (Å²) in [4.78, 5) is 4.43. The van der Waals surface area contributed by atoms with Crippen molar-refractivity contribution in [3.05, 3.63) is 52.8 Å². The first-order valence-electron chi connectivity index (χ1n) is 5.72. The number of halogens is 2. The van der Waals surface area contributed by atoms with Gasteiger partial charge in [-0.25, -0.2) is 9.37 Å². The standard InChI is InChI=1S/C14H10ClFN2S/c1-8-5-6-12-11(7-8)17-14(19-12)18-13-9(15)3-2-4-10(13)16/h2-7H,1H3,(H,17,18). The molecule has 96 valence electrons. The number of thiazole rings is 1. The molecule has 2 nitrogen and oxygen atoms in total. The van der Waals surface area contributed by atoms with Crippen LogP contribution in [0.25, 0.3) is 10.2 Å². The van der Waals surface area contributed by atoms with Crippen molar-refractivity contribution < 1.29 is 4.39 Å². The second kappa shape index (κ2) is 4.79. The summed E-state index contributed by atoms with van der Waals surface area (Å²) in [6, 6.07) is 10.6. The summed E-state index contributed by atoms with van der Waals surface area (Å²) in [5.74, 6) is -0.386. The van der Waals surface area contributed by atoms with Crippen molar-refractivity contribution >= 4 is 44.0 Å². The summed E-state index contributed by atoms with van der Waals surface area (Å²) < 4.78 is 14.7. The molecule has 0 amide bonds. The van der Waals surface area contributed by atoms with E-state index in [1.165, 1.54) is 17.4 Å². The van der Waals surface area contributed by atoms with Gasteiger partial charge in [0.2, 0.25) is 0 Å². The highest BCUT2D eigenvalue weighted by atomic mass is 35.5. The van der Waals surface area contributed by atoms with Crippen LogP contribution in [0.15, 0.2) is 36.4 Å². The molecular formula is C14H10ClFN2S. The van der Waals surface area contributed by atoms with Crippen molar-refractivity contribution in [2.45, 2.75) is 6.92 Å². The number of aromatic nitrogens is 1. The highest BCUT2D eigenvalue weighted by Crippen LogP contribution is 2.32. The van der Waals surface area contributed by atoms with Crippen LogP contribution in [0.2, 0.25) is 5.02 Å². The van der Waals surface area contributed by atoms with Crippen molar-refractivity contribution in [1.82, 2.24) is 4.98 Å². The van der Waals surface area contributed by atoms with Crippen molar-refractivity contribution in [1.29, 1.82) is 0 Å². The minimum atomic E-state index is -0.386. The summed E-state index contributed by atoms with van der Waals surface area (Å²) in [5.41, 5.74) is 2.31. The van der Waals surface area contributed by atoms with E-state index < -0.39 is 0 Å². The molecule has 0 saturated heterocycles. The van der Waals surface area contributed by atoms with Gasteiger partial charge in [0.25, 0.3) is 0 Å². The molecule has 5 heteroatoms. The number of rotatable bonds is 2. The number of hydrogen-bond donors (Lipinski definition) is 1. The topological polar surface area (TPSA) is 24.9 Å². The van der Waals surface area contributed by atoms with Gasteiger partial charge >= 0.3 is 0 Å². The zero-order valence-corrected chi connectivity index (χ0v) is 11.6. The lowest BCUT2D eigenvalue weighted by Crippen LogP contribution is -1.93. The summed E-state index contributed by atoms with van der Waals surface area (Å²) in [6.07, 6.45) is 0. The van der Waals surface area contributed by atoms with Crippen LogP contribution in [0, 0.1) is 12.7 Å². The first kappa shape index (κ1) is 12.4. The predicted octanol–water partition coefficient (Wildman–Crippen LogP) is 5.14. The molecule has 0 spiro atoms. The fraction of sp³-hybridized carbons (Fsp3) is 0.0714. The molecule has 0 saturated carbocycles. The third-order valence-electron chi connectivity index (χ3n) is 2.74. The maximum absolute atomic E-state index is 13.7. The van der Waals surface area contributed by atoms with Crippen LogP contribution in [-0.4, -0.2) is 4.98 Å².